The maximum Gasteiger partial charge on any atom is 0.203 e. The summed E-state index contributed by atoms with van der Waals surface area (Å²) in [5, 5.41) is 9.32. The number of ketones is 1. The number of methoxy groups -OCH3 is 1. The topological polar surface area (TPSA) is 50.1 Å². The lowest BCUT2D eigenvalue weighted by molar-refractivity contribution is 0.103. The van der Waals surface area contributed by atoms with Gasteiger partial charge in [-0.05, 0) is 35.3 Å². The molecular formula is C20H19NO2. The highest BCUT2D eigenvalue weighted by Crippen LogP contribution is 2.19. The molecule has 3 nitrogen and oxygen atoms in total. The monoisotopic (exact) mass is 305 g/mol. The Morgan fingerprint density at radius 2 is 1.87 bits per heavy atom. The highest BCUT2D eigenvalue weighted by Gasteiger charge is 2.13. The fourth-order valence-corrected chi connectivity index (χ4v) is 2.21. The lowest BCUT2D eigenvalue weighted by Gasteiger charge is -2.06. The molecule has 3 heteroatoms. The summed E-state index contributed by atoms with van der Waals surface area (Å²) in [6, 6.07) is 16.7. The van der Waals surface area contributed by atoms with Gasteiger partial charge in [0.1, 0.15) is 17.4 Å². The average Bonchev–Trinajstić information content (AvgIpc) is 2.59. The number of nitriles is 1. The van der Waals surface area contributed by atoms with Crippen LogP contribution in [-0.2, 0) is 0 Å². The van der Waals surface area contributed by atoms with Crippen LogP contribution in [0.15, 0.2) is 54.1 Å². The predicted molar refractivity (Wildman–Crippen MR) is 91.4 cm³/mol. The molecule has 116 valence electrons. The Morgan fingerprint density at radius 1 is 1.17 bits per heavy atom. The second kappa shape index (κ2) is 7.42. The van der Waals surface area contributed by atoms with Crippen LogP contribution in [0.3, 0.4) is 0 Å². The van der Waals surface area contributed by atoms with Gasteiger partial charge in [0, 0.05) is 5.56 Å². The first-order chi connectivity index (χ1) is 11.0. The smallest absolute Gasteiger partial charge is 0.203 e. The molecule has 0 aliphatic carbocycles. The van der Waals surface area contributed by atoms with Crippen LogP contribution in [0.2, 0.25) is 0 Å². The highest BCUT2D eigenvalue weighted by molar-refractivity contribution is 6.14. The number of nitrogens with zero attached hydrogens (tertiary/aromatic N) is 1. The van der Waals surface area contributed by atoms with E-state index in [-0.39, 0.29) is 11.4 Å². The summed E-state index contributed by atoms with van der Waals surface area (Å²) in [7, 11) is 1.54. The van der Waals surface area contributed by atoms with Gasteiger partial charge in [-0.2, -0.15) is 5.26 Å². The van der Waals surface area contributed by atoms with Crippen molar-refractivity contribution in [3.8, 4) is 11.8 Å². The molecule has 0 saturated heterocycles. The first kappa shape index (κ1) is 16.5. The summed E-state index contributed by atoms with van der Waals surface area (Å²) < 4.78 is 5.12. The summed E-state index contributed by atoms with van der Waals surface area (Å²) in [4.78, 5) is 12.5. The second-order valence-corrected chi connectivity index (χ2v) is 5.55. The Hall–Kier alpha value is -2.86. The molecule has 23 heavy (non-hydrogen) atoms. The standard InChI is InChI=1S/C20H19NO2/c1-14(2)16-9-7-15(8-10-16)11-18(13-21)20(22)17-5-4-6-19(12-17)23-3/h4-12,14H,1-3H3/b18-11+. The van der Waals surface area contributed by atoms with Gasteiger partial charge >= 0.3 is 0 Å². The number of rotatable bonds is 5. The van der Waals surface area contributed by atoms with Crippen LogP contribution >= 0.6 is 0 Å². The van der Waals surface area contributed by atoms with Crippen molar-refractivity contribution in [2.24, 2.45) is 0 Å². The normalized spacial score (nSPS) is 11.2. The Morgan fingerprint density at radius 3 is 2.43 bits per heavy atom. The van der Waals surface area contributed by atoms with Gasteiger partial charge in [0.2, 0.25) is 5.78 Å². The van der Waals surface area contributed by atoms with Crippen LogP contribution in [-0.4, -0.2) is 12.9 Å². The molecule has 2 aromatic carbocycles. The molecule has 0 spiro atoms. The third-order valence-corrected chi connectivity index (χ3v) is 3.61. The summed E-state index contributed by atoms with van der Waals surface area (Å²) in [5.74, 6) is 0.732. The van der Waals surface area contributed by atoms with Crippen LogP contribution in [0.5, 0.6) is 5.75 Å². The van der Waals surface area contributed by atoms with E-state index in [0.717, 1.165) is 5.56 Å². The molecule has 0 amide bonds. The number of ether oxygens (including phenoxy) is 1. The molecule has 0 saturated carbocycles. The Labute approximate surface area is 136 Å². The number of hydrogen-bond donors (Lipinski definition) is 0. The van der Waals surface area contributed by atoms with Crippen LogP contribution in [0.25, 0.3) is 6.08 Å². The van der Waals surface area contributed by atoms with Gasteiger partial charge in [0.05, 0.1) is 7.11 Å². The minimum Gasteiger partial charge on any atom is -0.497 e. The van der Waals surface area contributed by atoms with E-state index in [0.29, 0.717) is 17.2 Å². The minimum atomic E-state index is -0.306. The maximum atomic E-state index is 12.5. The van der Waals surface area contributed by atoms with Crippen molar-refractivity contribution in [2.45, 2.75) is 19.8 Å². The molecule has 0 atom stereocenters. The van der Waals surface area contributed by atoms with E-state index in [1.165, 1.54) is 5.56 Å². The number of Topliss-reactive ketones (excluding diaryl/α,β-unsaturated/α-hetero) is 1. The molecule has 0 aromatic heterocycles. The van der Waals surface area contributed by atoms with Crippen molar-refractivity contribution in [1.29, 1.82) is 5.26 Å². The van der Waals surface area contributed by atoms with Gasteiger partial charge in [0.15, 0.2) is 0 Å². The van der Waals surface area contributed by atoms with Crippen LogP contribution in [0, 0.1) is 11.3 Å². The average molecular weight is 305 g/mol. The number of allylic oxidation sites excluding steroid dienone is 1. The second-order valence-electron chi connectivity index (χ2n) is 5.55. The van der Waals surface area contributed by atoms with Crippen molar-refractivity contribution in [3.05, 3.63) is 70.8 Å². The van der Waals surface area contributed by atoms with Gasteiger partial charge in [-0.1, -0.05) is 50.2 Å². The van der Waals surface area contributed by atoms with Gasteiger partial charge in [-0.3, -0.25) is 4.79 Å². The molecule has 0 fully saturated rings. The summed E-state index contributed by atoms with van der Waals surface area (Å²) >= 11 is 0. The zero-order chi connectivity index (χ0) is 16.8. The Bertz CT molecular complexity index is 765. The van der Waals surface area contributed by atoms with Crippen LogP contribution < -0.4 is 4.74 Å². The first-order valence-electron chi connectivity index (χ1n) is 7.45. The number of hydrogen-bond acceptors (Lipinski definition) is 3. The third-order valence-electron chi connectivity index (χ3n) is 3.61. The molecule has 0 heterocycles. The summed E-state index contributed by atoms with van der Waals surface area (Å²) in [6.07, 6.45) is 1.62. The number of carbonyl (C=O) groups excluding carboxylic acids is 1. The molecule has 0 unspecified atom stereocenters. The fourth-order valence-electron chi connectivity index (χ4n) is 2.21. The van der Waals surface area contributed by atoms with Crippen LogP contribution in [0.4, 0.5) is 0 Å². The molecule has 0 bridgehead atoms. The SMILES string of the molecule is COc1cccc(C(=O)/C(C#N)=C/c2ccc(C(C)C)cc2)c1. The molecule has 0 aliphatic rings. The van der Waals surface area contributed by atoms with E-state index in [1.807, 2.05) is 30.3 Å². The lowest BCUT2D eigenvalue weighted by Crippen LogP contribution is -2.02. The summed E-state index contributed by atoms with van der Waals surface area (Å²) in [5.41, 5.74) is 2.61. The van der Waals surface area contributed by atoms with Crippen molar-refractivity contribution in [2.75, 3.05) is 7.11 Å². The van der Waals surface area contributed by atoms with Crippen molar-refractivity contribution in [3.63, 3.8) is 0 Å². The van der Waals surface area contributed by atoms with Crippen molar-refractivity contribution >= 4 is 11.9 Å². The molecular weight excluding hydrogens is 286 g/mol. The fraction of sp³-hybridized carbons (Fsp3) is 0.200. The zero-order valence-corrected chi connectivity index (χ0v) is 13.5. The van der Waals surface area contributed by atoms with E-state index in [2.05, 4.69) is 13.8 Å². The van der Waals surface area contributed by atoms with E-state index in [1.54, 1.807) is 37.5 Å². The van der Waals surface area contributed by atoms with Gasteiger partial charge in [-0.25, -0.2) is 0 Å². The Balaban J connectivity index is 2.31. The summed E-state index contributed by atoms with van der Waals surface area (Å²) in [6.45, 7) is 4.25. The van der Waals surface area contributed by atoms with E-state index in [9.17, 15) is 10.1 Å². The number of benzene rings is 2. The minimum absolute atomic E-state index is 0.107. The Kier molecular flexibility index (Phi) is 5.32. The maximum absolute atomic E-state index is 12.5. The van der Waals surface area contributed by atoms with Gasteiger partial charge in [-0.15, -0.1) is 0 Å². The van der Waals surface area contributed by atoms with Crippen LogP contribution in [0.1, 0.15) is 41.3 Å². The van der Waals surface area contributed by atoms with E-state index < -0.39 is 0 Å². The molecule has 2 aromatic rings. The first-order valence-corrected chi connectivity index (χ1v) is 7.45. The van der Waals surface area contributed by atoms with Gasteiger partial charge < -0.3 is 4.74 Å². The third kappa shape index (κ3) is 4.08. The molecule has 0 N–H and O–H groups in total. The van der Waals surface area contributed by atoms with E-state index >= 15 is 0 Å². The van der Waals surface area contributed by atoms with Crippen molar-refractivity contribution in [1.82, 2.24) is 0 Å². The predicted octanol–water partition coefficient (Wildman–Crippen LogP) is 4.61. The van der Waals surface area contributed by atoms with E-state index in [4.69, 9.17) is 4.74 Å². The van der Waals surface area contributed by atoms with Gasteiger partial charge in [0.25, 0.3) is 0 Å². The zero-order valence-electron chi connectivity index (χ0n) is 13.5. The largest absolute Gasteiger partial charge is 0.497 e. The highest BCUT2D eigenvalue weighted by atomic mass is 16.5. The molecule has 0 aliphatic heterocycles. The quantitative estimate of drug-likeness (QED) is 0.460. The van der Waals surface area contributed by atoms with Crippen molar-refractivity contribution < 1.29 is 9.53 Å². The number of carbonyl (C=O) groups is 1. The lowest BCUT2D eigenvalue weighted by atomic mass is 9.99. The molecule has 0 radical (unpaired) electrons. The molecule has 2 rings (SSSR count).